The molecule has 10 heteroatoms. The van der Waals surface area contributed by atoms with E-state index >= 15 is 0 Å². The normalized spacial score (nSPS) is 15.0. The molecule has 2 amide bonds. The molecule has 1 aromatic heterocycles. The minimum Gasteiger partial charge on any atom is -0.385 e. The SMILES string of the molecule is COCCCNC(=O)CN1C(=O)CS[C@@H](c2ccc(F)cc2)c2c(-c3ccc(Cl)cc3)nn(-c3ccc(C)cc3)c21. The summed E-state index contributed by atoms with van der Waals surface area (Å²) in [7, 11) is 1.61. The van der Waals surface area contributed by atoms with E-state index in [1.54, 1.807) is 36.1 Å². The van der Waals surface area contributed by atoms with Gasteiger partial charge in [0.25, 0.3) is 0 Å². The van der Waals surface area contributed by atoms with Crippen LogP contribution in [0.25, 0.3) is 16.9 Å². The maximum Gasteiger partial charge on any atom is 0.240 e. The van der Waals surface area contributed by atoms with Crippen LogP contribution in [-0.2, 0) is 14.3 Å². The van der Waals surface area contributed by atoms with E-state index < -0.39 is 0 Å². The van der Waals surface area contributed by atoms with E-state index in [1.807, 2.05) is 43.3 Å². The highest BCUT2D eigenvalue weighted by molar-refractivity contribution is 8.00. The van der Waals surface area contributed by atoms with Crippen LogP contribution in [0.15, 0.2) is 72.8 Å². The standard InChI is InChI=1S/C31H30ClFN4O3S/c1-20-4-14-25(15-5-20)37-31-28(29(35-37)21-6-10-23(32)11-7-21)30(22-8-12-24(33)13-9-22)41-19-27(39)36(31)18-26(38)34-16-3-17-40-2/h4-15,30H,3,16-19H2,1-2H3,(H,34,38)/t30-/m0/s1. The lowest BCUT2D eigenvalue weighted by atomic mass is 9.99. The number of benzene rings is 3. The van der Waals surface area contributed by atoms with Gasteiger partial charge in [0.15, 0.2) is 0 Å². The Hall–Kier alpha value is -3.66. The summed E-state index contributed by atoms with van der Waals surface area (Å²) >= 11 is 7.65. The smallest absolute Gasteiger partial charge is 0.240 e. The number of carbonyl (C=O) groups is 2. The van der Waals surface area contributed by atoms with Crippen LogP contribution in [0.5, 0.6) is 0 Å². The highest BCUT2D eigenvalue weighted by Crippen LogP contribution is 2.48. The van der Waals surface area contributed by atoms with E-state index in [-0.39, 0.29) is 35.2 Å². The molecule has 1 atom stereocenters. The van der Waals surface area contributed by atoms with Crippen molar-refractivity contribution in [1.82, 2.24) is 15.1 Å². The van der Waals surface area contributed by atoms with Gasteiger partial charge in [-0.1, -0.05) is 53.6 Å². The van der Waals surface area contributed by atoms with E-state index in [1.165, 1.54) is 28.8 Å². The molecule has 0 fully saturated rings. The molecule has 2 heterocycles. The quantitative estimate of drug-likeness (QED) is 0.243. The van der Waals surface area contributed by atoms with Gasteiger partial charge in [-0.15, -0.1) is 11.8 Å². The molecule has 5 rings (SSSR count). The maximum atomic E-state index is 13.9. The van der Waals surface area contributed by atoms with Crippen LogP contribution in [0.3, 0.4) is 0 Å². The zero-order valence-corrected chi connectivity index (χ0v) is 24.3. The van der Waals surface area contributed by atoms with Crippen molar-refractivity contribution in [3.8, 4) is 16.9 Å². The number of ether oxygens (including phenoxy) is 1. The van der Waals surface area contributed by atoms with Crippen molar-refractivity contribution < 1.29 is 18.7 Å². The lowest BCUT2D eigenvalue weighted by Crippen LogP contribution is -2.42. The number of anilines is 1. The Kier molecular flexibility index (Phi) is 9.07. The van der Waals surface area contributed by atoms with Crippen molar-refractivity contribution >= 4 is 41.0 Å². The predicted molar refractivity (Wildman–Crippen MR) is 161 cm³/mol. The minimum absolute atomic E-state index is 0.127. The first kappa shape index (κ1) is 28.9. The van der Waals surface area contributed by atoms with Gasteiger partial charge < -0.3 is 10.1 Å². The second-order valence-electron chi connectivity index (χ2n) is 9.76. The molecule has 41 heavy (non-hydrogen) atoms. The minimum atomic E-state index is -0.353. The zero-order valence-electron chi connectivity index (χ0n) is 22.8. The first-order valence-corrected chi connectivity index (χ1v) is 14.7. The third kappa shape index (κ3) is 6.48. The van der Waals surface area contributed by atoms with Crippen molar-refractivity contribution in [2.45, 2.75) is 18.6 Å². The van der Waals surface area contributed by atoms with Gasteiger partial charge >= 0.3 is 0 Å². The third-order valence-electron chi connectivity index (χ3n) is 6.81. The maximum absolute atomic E-state index is 13.9. The lowest BCUT2D eigenvalue weighted by molar-refractivity contribution is -0.122. The molecule has 1 N–H and O–H groups in total. The molecule has 3 aromatic carbocycles. The van der Waals surface area contributed by atoms with Gasteiger partial charge in [0.2, 0.25) is 11.8 Å². The number of aromatic nitrogens is 2. The number of hydrogen-bond donors (Lipinski definition) is 1. The summed E-state index contributed by atoms with van der Waals surface area (Å²) in [5, 5.41) is 8.18. The summed E-state index contributed by atoms with van der Waals surface area (Å²) in [6.07, 6.45) is 0.659. The van der Waals surface area contributed by atoms with E-state index in [0.717, 1.165) is 27.9 Å². The second kappa shape index (κ2) is 12.9. The molecule has 0 saturated carbocycles. The number of carbonyl (C=O) groups excluding carboxylic acids is 2. The number of hydrogen-bond acceptors (Lipinski definition) is 5. The van der Waals surface area contributed by atoms with E-state index in [4.69, 9.17) is 21.4 Å². The molecule has 0 spiro atoms. The summed E-state index contributed by atoms with van der Waals surface area (Å²) in [6.45, 7) is 2.78. The van der Waals surface area contributed by atoms with Crippen LogP contribution < -0.4 is 10.2 Å². The monoisotopic (exact) mass is 592 g/mol. The Balaban J connectivity index is 1.71. The van der Waals surface area contributed by atoms with E-state index in [2.05, 4.69) is 5.32 Å². The van der Waals surface area contributed by atoms with Gasteiger partial charge in [0.05, 0.1) is 22.4 Å². The summed E-state index contributed by atoms with van der Waals surface area (Å²) in [6, 6.07) is 21.5. The number of halogens is 2. The van der Waals surface area contributed by atoms with E-state index in [0.29, 0.717) is 36.1 Å². The fourth-order valence-corrected chi connectivity index (χ4v) is 6.08. The number of methoxy groups -OCH3 is 1. The third-order valence-corrected chi connectivity index (χ3v) is 8.31. The fraction of sp³-hybridized carbons (Fsp3) is 0.258. The molecule has 4 aromatic rings. The molecule has 1 aliphatic heterocycles. The number of fused-ring (bicyclic) bond motifs is 1. The summed E-state index contributed by atoms with van der Waals surface area (Å²) in [5.41, 5.74) is 4.88. The Morgan fingerprint density at radius 1 is 1.10 bits per heavy atom. The molecule has 0 saturated heterocycles. The number of amides is 2. The van der Waals surface area contributed by atoms with Crippen molar-refractivity contribution in [1.29, 1.82) is 0 Å². The Labute approximate surface area is 247 Å². The van der Waals surface area contributed by atoms with Crippen LogP contribution in [0.1, 0.15) is 28.4 Å². The van der Waals surface area contributed by atoms with Crippen molar-refractivity contribution in [3.63, 3.8) is 0 Å². The highest BCUT2D eigenvalue weighted by Gasteiger charge is 2.37. The van der Waals surface area contributed by atoms with Crippen molar-refractivity contribution in [2.75, 3.05) is 37.5 Å². The van der Waals surface area contributed by atoms with Crippen LogP contribution in [0.2, 0.25) is 5.02 Å². The van der Waals surface area contributed by atoms with Gasteiger partial charge in [-0.2, -0.15) is 5.10 Å². The van der Waals surface area contributed by atoms with E-state index in [9.17, 15) is 14.0 Å². The van der Waals surface area contributed by atoms with Gasteiger partial charge in [0, 0.05) is 36.4 Å². The van der Waals surface area contributed by atoms with Gasteiger partial charge in [-0.3, -0.25) is 14.5 Å². The fourth-order valence-electron chi connectivity index (χ4n) is 4.75. The molecule has 0 radical (unpaired) electrons. The number of nitrogens with zero attached hydrogens (tertiary/aromatic N) is 3. The highest BCUT2D eigenvalue weighted by atomic mass is 35.5. The molecular weight excluding hydrogens is 563 g/mol. The van der Waals surface area contributed by atoms with Crippen LogP contribution >= 0.6 is 23.4 Å². The topological polar surface area (TPSA) is 76.5 Å². The van der Waals surface area contributed by atoms with Crippen LogP contribution in [0.4, 0.5) is 10.2 Å². The average Bonchev–Trinajstić information content (AvgIpc) is 3.29. The molecule has 1 aliphatic rings. The molecule has 0 aliphatic carbocycles. The second-order valence-corrected chi connectivity index (χ2v) is 11.3. The zero-order chi connectivity index (χ0) is 28.9. The van der Waals surface area contributed by atoms with Crippen molar-refractivity contribution in [3.05, 3.63) is 100 Å². The van der Waals surface area contributed by atoms with Crippen LogP contribution in [0, 0.1) is 12.7 Å². The summed E-state index contributed by atoms with van der Waals surface area (Å²) in [4.78, 5) is 28.4. The lowest BCUT2D eigenvalue weighted by Gasteiger charge is -2.23. The van der Waals surface area contributed by atoms with Crippen LogP contribution in [-0.4, -0.2) is 54.2 Å². The first-order chi connectivity index (χ1) is 19.9. The number of thioether (sulfide) groups is 1. The molecule has 0 unspecified atom stereocenters. The molecular formula is C31H30ClFN4O3S. The largest absolute Gasteiger partial charge is 0.385 e. The van der Waals surface area contributed by atoms with Gasteiger partial charge in [0.1, 0.15) is 18.2 Å². The molecule has 212 valence electrons. The Morgan fingerprint density at radius 2 is 1.80 bits per heavy atom. The molecule has 7 nitrogen and oxygen atoms in total. The Bertz CT molecular complexity index is 1520. The summed E-state index contributed by atoms with van der Waals surface area (Å²) in [5.74, 6) is -0.209. The number of nitrogens with one attached hydrogen (secondary N) is 1. The first-order valence-electron chi connectivity index (χ1n) is 13.2. The summed E-state index contributed by atoms with van der Waals surface area (Å²) < 4.78 is 20.7. The molecule has 0 bridgehead atoms. The number of aryl methyl sites for hydroxylation is 1. The van der Waals surface area contributed by atoms with Gasteiger partial charge in [-0.05, 0) is 55.3 Å². The number of rotatable bonds is 9. The van der Waals surface area contributed by atoms with Crippen molar-refractivity contribution in [2.24, 2.45) is 0 Å². The van der Waals surface area contributed by atoms with Gasteiger partial charge in [-0.25, -0.2) is 9.07 Å². The Morgan fingerprint density at radius 3 is 2.49 bits per heavy atom. The predicted octanol–water partition coefficient (Wildman–Crippen LogP) is 5.96. The average molecular weight is 593 g/mol.